The molecule has 1 heterocycles. The molecule has 0 aliphatic carbocycles. The number of pyridine rings is 1. The van der Waals surface area contributed by atoms with Gasteiger partial charge in [-0.3, -0.25) is 0 Å². The molecule has 0 aliphatic heterocycles. The van der Waals surface area contributed by atoms with Gasteiger partial charge in [-0.2, -0.15) is 0 Å². The van der Waals surface area contributed by atoms with Crippen molar-refractivity contribution < 1.29 is 4.74 Å². The zero-order valence-corrected chi connectivity index (χ0v) is 16.3. The highest BCUT2D eigenvalue weighted by molar-refractivity contribution is 5.52. The molecule has 0 saturated heterocycles. The minimum absolute atomic E-state index is 0.667. The van der Waals surface area contributed by atoms with Crippen LogP contribution in [0.25, 0.3) is 6.08 Å². The highest BCUT2D eigenvalue weighted by atomic mass is 16.5. The van der Waals surface area contributed by atoms with Gasteiger partial charge in [0.05, 0.1) is 7.11 Å². The van der Waals surface area contributed by atoms with Crippen molar-refractivity contribution in [3.63, 3.8) is 0 Å². The predicted molar refractivity (Wildman–Crippen MR) is 109 cm³/mol. The molecule has 0 unspecified atom stereocenters. The number of aryl methyl sites for hydroxylation is 2. The summed E-state index contributed by atoms with van der Waals surface area (Å²) >= 11 is 0. The second-order valence-electron chi connectivity index (χ2n) is 4.64. The minimum Gasteiger partial charge on any atom is -0.481 e. The second-order valence-corrected chi connectivity index (χ2v) is 4.64. The topological polar surface area (TPSA) is 22.1 Å². The molecule has 0 spiro atoms. The number of methoxy groups -OCH3 is 1. The number of aromatic nitrogens is 1. The summed E-state index contributed by atoms with van der Waals surface area (Å²) in [6.07, 6.45) is 7.70. The summed E-state index contributed by atoms with van der Waals surface area (Å²) in [7, 11) is 1.61. The number of nitrogens with zero attached hydrogens (tertiary/aromatic N) is 1. The summed E-state index contributed by atoms with van der Waals surface area (Å²) in [5, 5.41) is 0. The molecule has 2 nitrogen and oxygen atoms in total. The second kappa shape index (κ2) is 17.0. The Kier molecular flexibility index (Phi) is 16.9. The van der Waals surface area contributed by atoms with Crippen molar-refractivity contribution in [2.24, 2.45) is 0 Å². The molecule has 0 bridgehead atoms. The normalized spacial score (nSPS) is 8.62. The van der Waals surface area contributed by atoms with Gasteiger partial charge in [0.25, 0.3) is 0 Å². The maximum atomic E-state index is 4.86. The Morgan fingerprint density at radius 3 is 2.00 bits per heavy atom. The zero-order valence-electron chi connectivity index (χ0n) is 16.3. The third-order valence-corrected chi connectivity index (χ3v) is 2.63. The van der Waals surface area contributed by atoms with Gasteiger partial charge in [0.2, 0.25) is 5.88 Å². The SMILES string of the molecule is C/C=C\c1ccccc1C.C=CC.CC.COc1ccc(C)cn1. The predicted octanol–water partition coefficient (Wildman–Crippen LogP) is 6.65. The Balaban J connectivity index is 0. The Hall–Kier alpha value is -2.35. The maximum Gasteiger partial charge on any atom is 0.212 e. The zero-order chi connectivity index (χ0) is 18.8. The number of rotatable bonds is 2. The van der Waals surface area contributed by atoms with Gasteiger partial charge in [0.15, 0.2) is 0 Å². The Morgan fingerprint density at radius 1 is 1.00 bits per heavy atom. The van der Waals surface area contributed by atoms with Crippen molar-refractivity contribution in [3.05, 3.63) is 78.0 Å². The van der Waals surface area contributed by atoms with E-state index >= 15 is 0 Å². The first-order chi connectivity index (χ1) is 11.6. The molecule has 24 heavy (non-hydrogen) atoms. The van der Waals surface area contributed by atoms with Crippen LogP contribution in [0, 0.1) is 13.8 Å². The molecule has 0 amide bonds. The number of ether oxygens (including phenoxy) is 1. The van der Waals surface area contributed by atoms with Gasteiger partial charge >= 0.3 is 0 Å². The molecule has 0 fully saturated rings. The fourth-order valence-electron chi connectivity index (χ4n) is 1.53. The summed E-state index contributed by atoms with van der Waals surface area (Å²) in [5.41, 5.74) is 3.79. The van der Waals surface area contributed by atoms with Gasteiger partial charge in [0.1, 0.15) is 0 Å². The molecule has 1 aromatic heterocycles. The first kappa shape index (κ1) is 23.9. The number of allylic oxidation sites excluding steroid dienone is 2. The monoisotopic (exact) mass is 327 g/mol. The van der Waals surface area contributed by atoms with E-state index in [2.05, 4.69) is 54.9 Å². The lowest BCUT2D eigenvalue weighted by atomic mass is 10.1. The summed E-state index contributed by atoms with van der Waals surface area (Å²) in [5.74, 6) is 0.667. The molecular weight excluding hydrogens is 294 g/mol. The maximum absolute atomic E-state index is 4.86. The van der Waals surface area contributed by atoms with Crippen LogP contribution in [-0.2, 0) is 0 Å². The van der Waals surface area contributed by atoms with Crippen LogP contribution in [0.5, 0.6) is 5.88 Å². The van der Waals surface area contributed by atoms with E-state index in [1.807, 2.05) is 46.8 Å². The average molecular weight is 328 g/mol. The lowest BCUT2D eigenvalue weighted by Gasteiger charge is -1.96. The lowest BCUT2D eigenvalue weighted by molar-refractivity contribution is 0.397. The summed E-state index contributed by atoms with van der Waals surface area (Å²) in [4.78, 5) is 3.97. The van der Waals surface area contributed by atoms with E-state index in [1.54, 1.807) is 19.4 Å². The standard InChI is InChI=1S/C10H12.C7H9NO.C3H6.C2H6/c1-3-6-10-8-5-4-7-9(10)2;1-6-3-4-7(9-2)8-5-6;1-3-2;1-2/h3-8H,1-2H3;3-5H,1-2H3;3H,1H2,2H3;1-2H3/b6-3-;;;. The first-order valence-corrected chi connectivity index (χ1v) is 8.31. The molecule has 0 atom stereocenters. The third-order valence-electron chi connectivity index (χ3n) is 2.63. The molecule has 0 aliphatic rings. The van der Waals surface area contributed by atoms with Crippen molar-refractivity contribution in [3.8, 4) is 5.88 Å². The fraction of sp³-hybridized carbons (Fsp3) is 0.318. The molecule has 2 rings (SSSR count). The van der Waals surface area contributed by atoms with Gasteiger partial charge in [-0.25, -0.2) is 4.98 Å². The van der Waals surface area contributed by atoms with E-state index in [4.69, 9.17) is 4.74 Å². The molecule has 2 heteroatoms. The van der Waals surface area contributed by atoms with E-state index < -0.39 is 0 Å². The van der Waals surface area contributed by atoms with Gasteiger partial charge in [0, 0.05) is 12.3 Å². The summed E-state index contributed by atoms with van der Waals surface area (Å²) in [6.45, 7) is 15.4. The lowest BCUT2D eigenvalue weighted by Crippen LogP contribution is -1.85. The first-order valence-electron chi connectivity index (χ1n) is 8.31. The van der Waals surface area contributed by atoms with Gasteiger partial charge < -0.3 is 4.74 Å². The minimum atomic E-state index is 0.667. The largest absolute Gasteiger partial charge is 0.481 e. The van der Waals surface area contributed by atoms with Crippen molar-refractivity contribution in [1.82, 2.24) is 4.98 Å². The molecular formula is C22H33NO. The number of hydrogen-bond acceptors (Lipinski definition) is 2. The van der Waals surface area contributed by atoms with Crippen LogP contribution < -0.4 is 4.74 Å². The summed E-state index contributed by atoms with van der Waals surface area (Å²) < 4.78 is 4.86. The van der Waals surface area contributed by atoms with Crippen LogP contribution in [0.2, 0.25) is 0 Å². The molecule has 132 valence electrons. The van der Waals surface area contributed by atoms with Gasteiger partial charge in [-0.15, -0.1) is 6.58 Å². The van der Waals surface area contributed by atoms with Crippen LogP contribution in [0.1, 0.15) is 44.4 Å². The van der Waals surface area contributed by atoms with Crippen molar-refractivity contribution in [1.29, 1.82) is 0 Å². The Labute approximate surface area is 148 Å². The van der Waals surface area contributed by atoms with Gasteiger partial charge in [-0.05, 0) is 44.4 Å². The molecule has 1 aromatic carbocycles. The van der Waals surface area contributed by atoms with Crippen molar-refractivity contribution in [2.45, 2.75) is 41.5 Å². The van der Waals surface area contributed by atoms with E-state index in [9.17, 15) is 0 Å². The molecule has 0 radical (unpaired) electrons. The highest BCUT2D eigenvalue weighted by Gasteiger charge is 1.88. The average Bonchev–Trinajstić information content (AvgIpc) is 2.61. The fourth-order valence-corrected chi connectivity index (χ4v) is 1.53. The van der Waals surface area contributed by atoms with Crippen molar-refractivity contribution in [2.75, 3.05) is 7.11 Å². The Bertz CT molecular complexity index is 556. The van der Waals surface area contributed by atoms with E-state index in [-0.39, 0.29) is 0 Å². The Morgan fingerprint density at radius 2 is 1.58 bits per heavy atom. The van der Waals surface area contributed by atoms with Crippen LogP contribution in [0.4, 0.5) is 0 Å². The van der Waals surface area contributed by atoms with Crippen LogP contribution in [0.15, 0.2) is 61.3 Å². The van der Waals surface area contributed by atoms with Crippen molar-refractivity contribution >= 4 is 6.08 Å². The third kappa shape index (κ3) is 12.2. The molecule has 0 N–H and O–H groups in total. The van der Waals surface area contributed by atoms with E-state index in [1.165, 1.54) is 11.1 Å². The number of hydrogen-bond donors (Lipinski definition) is 0. The molecule has 2 aromatic rings. The quantitative estimate of drug-likeness (QED) is 0.576. The van der Waals surface area contributed by atoms with E-state index in [0.717, 1.165) is 5.56 Å². The van der Waals surface area contributed by atoms with E-state index in [0.29, 0.717) is 5.88 Å². The van der Waals surface area contributed by atoms with Crippen LogP contribution in [-0.4, -0.2) is 12.1 Å². The van der Waals surface area contributed by atoms with Gasteiger partial charge in [-0.1, -0.05) is 62.4 Å². The van der Waals surface area contributed by atoms with Crippen LogP contribution >= 0.6 is 0 Å². The summed E-state index contributed by atoms with van der Waals surface area (Å²) in [6, 6.07) is 12.2. The molecule has 0 saturated carbocycles. The van der Waals surface area contributed by atoms with Crippen LogP contribution in [0.3, 0.4) is 0 Å². The highest BCUT2D eigenvalue weighted by Crippen LogP contribution is 2.08. The smallest absolute Gasteiger partial charge is 0.212 e. The number of benzene rings is 1.